The van der Waals surface area contributed by atoms with E-state index in [-0.39, 0.29) is 23.6 Å². The largest absolute Gasteiger partial charge is 0.487 e. The maximum atomic E-state index is 13.1. The SMILES string of the molecule is O=C(Nc1cc(C(F)(F)F)ccc1OCc1ccccc1)c1ccc(F)cc1. The Balaban J connectivity index is 1.86. The van der Waals surface area contributed by atoms with Crippen LogP contribution in [0.15, 0.2) is 72.8 Å². The molecule has 0 saturated heterocycles. The topological polar surface area (TPSA) is 38.3 Å². The van der Waals surface area contributed by atoms with Gasteiger partial charge in [0.2, 0.25) is 0 Å². The van der Waals surface area contributed by atoms with E-state index < -0.39 is 23.5 Å². The minimum atomic E-state index is -4.58. The number of halogens is 4. The molecule has 0 fully saturated rings. The van der Waals surface area contributed by atoms with Crippen LogP contribution in [0.2, 0.25) is 0 Å². The van der Waals surface area contributed by atoms with Crippen LogP contribution in [0.4, 0.5) is 23.2 Å². The molecule has 0 unspecified atom stereocenters. The van der Waals surface area contributed by atoms with E-state index in [4.69, 9.17) is 4.74 Å². The Morgan fingerprint density at radius 3 is 2.25 bits per heavy atom. The number of alkyl halides is 3. The molecule has 3 nitrogen and oxygen atoms in total. The third-order valence-corrected chi connectivity index (χ3v) is 3.90. The van der Waals surface area contributed by atoms with Gasteiger partial charge in [0.05, 0.1) is 11.3 Å². The van der Waals surface area contributed by atoms with Gasteiger partial charge >= 0.3 is 6.18 Å². The number of benzene rings is 3. The van der Waals surface area contributed by atoms with Crippen molar-refractivity contribution in [2.75, 3.05) is 5.32 Å². The van der Waals surface area contributed by atoms with E-state index in [1.165, 1.54) is 12.1 Å². The minimum Gasteiger partial charge on any atom is -0.487 e. The van der Waals surface area contributed by atoms with Crippen LogP contribution in [0.25, 0.3) is 0 Å². The Bertz CT molecular complexity index is 954. The second-order valence-electron chi connectivity index (χ2n) is 5.94. The highest BCUT2D eigenvalue weighted by atomic mass is 19.4. The zero-order valence-electron chi connectivity index (χ0n) is 14.5. The van der Waals surface area contributed by atoms with Gasteiger partial charge in [0, 0.05) is 5.56 Å². The van der Waals surface area contributed by atoms with Crippen molar-refractivity contribution in [1.82, 2.24) is 0 Å². The fraction of sp³-hybridized carbons (Fsp3) is 0.0952. The summed E-state index contributed by atoms with van der Waals surface area (Å²) < 4.78 is 57.8. The first-order chi connectivity index (χ1) is 13.3. The molecule has 1 amide bonds. The number of ether oxygens (including phenoxy) is 1. The summed E-state index contributed by atoms with van der Waals surface area (Å²) in [5.74, 6) is -1.11. The smallest absolute Gasteiger partial charge is 0.416 e. The van der Waals surface area contributed by atoms with E-state index in [1.807, 2.05) is 18.2 Å². The Morgan fingerprint density at radius 2 is 1.61 bits per heavy atom. The van der Waals surface area contributed by atoms with Crippen molar-refractivity contribution >= 4 is 11.6 Å². The highest BCUT2D eigenvalue weighted by Gasteiger charge is 2.31. The van der Waals surface area contributed by atoms with E-state index in [9.17, 15) is 22.4 Å². The molecule has 0 atom stereocenters. The second kappa shape index (κ2) is 8.12. The summed E-state index contributed by atoms with van der Waals surface area (Å²) in [7, 11) is 0. The van der Waals surface area contributed by atoms with E-state index in [0.29, 0.717) is 0 Å². The fourth-order valence-electron chi connectivity index (χ4n) is 2.46. The predicted molar refractivity (Wildman–Crippen MR) is 96.6 cm³/mol. The number of hydrogen-bond donors (Lipinski definition) is 1. The van der Waals surface area contributed by atoms with Gasteiger partial charge in [-0.1, -0.05) is 30.3 Å². The number of carbonyl (C=O) groups excluding carboxylic acids is 1. The van der Waals surface area contributed by atoms with Crippen LogP contribution >= 0.6 is 0 Å². The average Bonchev–Trinajstić information content (AvgIpc) is 2.67. The molecular formula is C21H15F4NO2. The second-order valence-corrected chi connectivity index (χ2v) is 5.94. The van der Waals surface area contributed by atoms with Crippen LogP contribution in [0.1, 0.15) is 21.5 Å². The van der Waals surface area contributed by atoms with Crippen molar-refractivity contribution in [3.8, 4) is 5.75 Å². The van der Waals surface area contributed by atoms with Crippen LogP contribution < -0.4 is 10.1 Å². The average molecular weight is 389 g/mol. The lowest BCUT2D eigenvalue weighted by Crippen LogP contribution is -2.14. The number of nitrogens with one attached hydrogen (secondary N) is 1. The van der Waals surface area contributed by atoms with Crippen LogP contribution in [0.3, 0.4) is 0 Å². The number of anilines is 1. The molecule has 1 N–H and O–H groups in total. The van der Waals surface area contributed by atoms with Gasteiger partial charge in [-0.15, -0.1) is 0 Å². The molecule has 0 radical (unpaired) electrons. The van der Waals surface area contributed by atoms with E-state index in [2.05, 4.69) is 5.32 Å². The van der Waals surface area contributed by atoms with Crippen LogP contribution in [-0.4, -0.2) is 5.91 Å². The molecule has 0 spiro atoms. The zero-order valence-corrected chi connectivity index (χ0v) is 14.5. The maximum absolute atomic E-state index is 13.1. The van der Waals surface area contributed by atoms with Crippen LogP contribution in [0.5, 0.6) is 5.75 Å². The Labute approximate surface area is 158 Å². The molecule has 0 aliphatic rings. The lowest BCUT2D eigenvalue weighted by Gasteiger charge is -2.15. The van der Waals surface area contributed by atoms with Crippen molar-refractivity contribution in [2.45, 2.75) is 12.8 Å². The lowest BCUT2D eigenvalue weighted by molar-refractivity contribution is -0.137. The van der Waals surface area contributed by atoms with Crippen molar-refractivity contribution < 1.29 is 27.1 Å². The molecule has 7 heteroatoms. The predicted octanol–water partition coefficient (Wildman–Crippen LogP) is 5.68. The maximum Gasteiger partial charge on any atom is 0.416 e. The van der Waals surface area contributed by atoms with Gasteiger partial charge in [-0.2, -0.15) is 13.2 Å². The summed E-state index contributed by atoms with van der Waals surface area (Å²) in [6, 6.07) is 16.6. The normalized spacial score (nSPS) is 11.1. The van der Waals surface area contributed by atoms with Crippen molar-refractivity contribution in [3.63, 3.8) is 0 Å². The molecule has 144 valence electrons. The van der Waals surface area contributed by atoms with Gasteiger partial charge in [0.1, 0.15) is 18.2 Å². The van der Waals surface area contributed by atoms with Gasteiger partial charge < -0.3 is 10.1 Å². The van der Waals surface area contributed by atoms with E-state index >= 15 is 0 Å². The Morgan fingerprint density at radius 1 is 0.929 bits per heavy atom. The molecule has 0 aliphatic carbocycles. The molecule has 3 aromatic rings. The number of carbonyl (C=O) groups is 1. The molecule has 3 rings (SSSR count). The van der Waals surface area contributed by atoms with Crippen molar-refractivity contribution in [3.05, 3.63) is 95.3 Å². The first-order valence-corrected chi connectivity index (χ1v) is 8.28. The van der Waals surface area contributed by atoms with Gasteiger partial charge in [0.25, 0.3) is 5.91 Å². The first-order valence-electron chi connectivity index (χ1n) is 8.28. The minimum absolute atomic E-state index is 0.0901. The third kappa shape index (κ3) is 4.88. The number of rotatable bonds is 5. The van der Waals surface area contributed by atoms with Gasteiger partial charge in [-0.25, -0.2) is 4.39 Å². The molecule has 0 aromatic heterocycles. The summed E-state index contributed by atoms with van der Waals surface area (Å²) in [5, 5.41) is 2.41. The first kappa shape index (κ1) is 19.4. The van der Waals surface area contributed by atoms with Crippen molar-refractivity contribution in [2.24, 2.45) is 0 Å². The van der Waals surface area contributed by atoms with E-state index in [1.54, 1.807) is 12.1 Å². The monoisotopic (exact) mass is 389 g/mol. The van der Waals surface area contributed by atoms with Gasteiger partial charge in [0.15, 0.2) is 0 Å². The fourth-order valence-corrected chi connectivity index (χ4v) is 2.46. The van der Waals surface area contributed by atoms with Crippen LogP contribution in [0, 0.1) is 5.82 Å². The quantitative estimate of drug-likeness (QED) is 0.571. The highest BCUT2D eigenvalue weighted by Crippen LogP contribution is 2.35. The summed E-state index contributed by atoms with van der Waals surface area (Å²) in [5.41, 5.74) is -0.125. The molecule has 0 bridgehead atoms. The molecule has 28 heavy (non-hydrogen) atoms. The van der Waals surface area contributed by atoms with Crippen molar-refractivity contribution in [1.29, 1.82) is 0 Å². The molecule has 0 heterocycles. The molecule has 0 saturated carbocycles. The Kier molecular flexibility index (Phi) is 5.63. The summed E-state index contributed by atoms with van der Waals surface area (Å²) >= 11 is 0. The summed E-state index contributed by atoms with van der Waals surface area (Å²) in [6.45, 7) is 0.117. The standard InChI is InChI=1S/C21H15F4NO2/c22-17-9-6-15(7-10-17)20(27)26-18-12-16(21(23,24)25)8-11-19(18)28-13-14-4-2-1-3-5-14/h1-12H,13H2,(H,26,27). The zero-order chi connectivity index (χ0) is 20.1. The molecule has 3 aromatic carbocycles. The van der Waals surface area contributed by atoms with Gasteiger partial charge in [-0.05, 0) is 48.0 Å². The number of hydrogen-bond acceptors (Lipinski definition) is 2. The van der Waals surface area contributed by atoms with E-state index in [0.717, 1.165) is 35.9 Å². The molecule has 0 aliphatic heterocycles. The summed E-state index contributed by atoms with van der Waals surface area (Å²) in [4.78, 5) is 12.3. The number of amides is 1. The molecular weight excluding hydrogens is 374 g/mol. The summed E-state index contributed by atoms with van der Waals surface area (Å²) in [6.07, 6.45) is -4.58. The Hall–Kier alpha value is -3.35. The van der Waals surface area contributed by atoms with Gasteiger partial charge in [-0.3, -0.25) is 4.79 Å². The highest BCUT2D eigenvalue weighted by molar-refractivity contribution is 6.05. The lowest BCUT2D eigenvalue weighted by atomic mass is 10.1. The third-order valence-electron chi connectivity index (χ3n) is 3.90. The van der Waals surface area contributed by atoms with Crippen LogP contribution in [-0.2, 0) is 12.8 Å².